The fraction of sp³-hybridized carbons (Fsp3) is 0.714. The molecule has 0 saturated heterocycles. The Bertz CT molecular complexity index is 504. The molecule has 6 N–H and O–H groups in total. The monoisotopic (exact) mass is 382 g/mol. The second-order valence-corrected chi connectivity index (χ2v) is 5.23. The summed E-state index contributed by atoms with van der Waals surface area (Å²) in [6, 6.07) is 0. The first-order valence-corrected chi connectivity index (χ1v) is 7.57. The number of hydrogen-bond acceptors (Lipinski definition) is 10. The molecule has 0 radical (unpaired) electrons. The van der Waals surface area contributed by atoms with Crippen LogP contribution in [0.4, 0.5) is 0 Å². The predicted octanol–water partition coefficient (Wildman–Crippen LogP) is -2.76. The van der Waals surface area contributed by atoms with Crippen molar-refractivity contribution in [3.05, 3.63) is 0 Å². The lowest BCUT2D eigenvalue weighted by molar-refractivity contribution is -0.174. The van der Waals surface area contributed by atoms with Crippen LogP contribution < -0.4 is 0 Å². The molecule has 0 spiro atoms. The molecule has 26 heavy (non-hydrogen) atoms. The van der Waals surface area contributed by atoms with Gasteiger partial charge in [0.25, 0.3) is 0 Å². The predicted molar refractivity (Wildman–Crippen MR) is 79.7 cm³/mol. The summed E-state index contributed by atoms with van der Waals surface area (Å²) in [6.07, 6.45) is -9.42. The summed E-state index contributed by atoms with van der Waals surface area (Å²) in [5.74, 6) is -6.26. The summed E-state index contributed by atoms with van der Waals surface area (Å²) >= 11 is 0. The topological polar surface area (TPSA) is 208 Å². The van der Waals surface area contributed by atoms with Crippen LogP contribution in [-0.2, 0) is 28.7 Å². The molecule has 0 aliphatic heterocycles. The van der Waals surface area contributed by atoms with Crippen molar-refractivity contribution in [3.8, 4) is 0 Å². The van der Waals surface area contributed by atoms with Gasteiger partial charge < -0.3 is 40.1 Å². The zero-order valence-corrected chi connectivity index (χ0v) is 13.8. The van der Waals surface area contributed by atoms with Crippen molar-refractivity contribution in [2.75, 3.05) is 6.61 Å². The average Bonchev–Trinajstić information content (AvgIpc) is 2.60. The zero-order chi connectivity index (χ0) is 20.4. The number of rotatable bonds is 12. The third-order valence-corrected chi connectivity index (χ3v) is 3.24. The van der Waals surface area contributed by atoms with E-state index >= 15 is 0 Å². The quantitative estimate of drug-likeness (QED) is 0.150. The van der Waals surface area contributed by atoms with Gasteiger partial charge in [-0.3, -0.25) is 0 Å². The van der Waals surface area contributed by atoms with E-state index in [0.29, 0.717) is 0 Å². The van der Waals surface area contributed by atoms with E-state index in [1.165, 1.54) is 0 Å². The first-order valence-electron chi connectivity index (χ1n) is 7.57. The fourth-order valence-electron chi connectivity index (χ4n) is 1.68. The number of esters is 2. The van der Waals surface area contributed by atoms with E-state index in [2.05, 4.69) is 4.74 Å². The maximum atomic E-state index is 11.5. The number of aliphatic hydroxyl groups excluding tert-OH is 4. The highest BCUT2D eigenvalue weighted by atomic mass is 16.6. The van der Waals surface area contributed by atoms with Gasteiger partial charge in [-0.25, -0.2) is 19.2 Å². The fourth-order valence-corrected chi connectivity index (χ4v) is 1.68. The van der Waals surface area contributed by atoms with E-state index in [-0.39, 0.29) is 25.9 Å². The molecule has 0 aromatic carbocycles. The molecule has 0 aromatic heterocycles. The SMILES string of the molecule is CCC(CCCOC(=O)C(O)C(O)C(=O)O)OC(=O)C(O)C(O)C(=O)O. The lowest BCUT2D eigenvalue weighted by Gasteiger charge is -2.20. The third kappa shape index (κ3) is 7.74. The van der Waals surface area contributed by atoms with Crippen molar-refractivity contribution >= 4 is 23.9 Å². The molecule has 0 aromatic rings. The van der Waals surface area contributed by atoms with Crippen molar-refractivity contribution in [3.63, 3.8) is 0 Å². The molecule has 0 heterocycles. The molecular weight excluding hydrogens is 360 g/mol. The number of aliphatic hydroxyl groups is 4. The molecular formula is C14H22O12. The molecule has 0 fully saturated rings. The molecule has 0 aliphatic carbocycles. The first kappa shape index (κ1) is 23.7. The molecule has 0 rings (SSSR count). The van der Waals surface area contributed by atoms with Crippen LogP contribution in [-0.4, -0.2) is 91.6 Å². The van der Waals surface area contributed by atoms with Crippen LogP contribution >= 0.6 is 0 Å². The smallest absolute Gasteiger partial charge is 0.338 e. The van der Waals surface area contributed by atoms with Crippen LogP contribution in [0.2, 0.25) is 0 Å². The van der Waals surface area contributed by atoms with Gasteiger partial charge in [-0.15, -0.1) is 0 Å². The van der Waals surface area contributed by atoms with Crippen LogP contribution in [0.1, 0.15) is 26.2 Å². The van der Waals surface area contributed by atoms with E-state index in [1.807, 2.05) is 0 Å². The standard InChI is InChI=1S/C14H22O12/c1-2-6(26-14(24)10(18)8(16)12(21)22)4-3-5-25-13(23)9(17)7(15)11(19)20/h6-10,15-18H,2-5H2,1H3,(H,19,20)(H,21,22). The maximum Gasteiger partial charge on any atom is 0.338 e. The maximum absolute atomic E-state index is 11.5. The van der Waals surface area contributed by atoms with Crippen LogP contribution in [0, 0.1) is 0 Å². The lowest BCUT2D eigenvalue weighted by atomic mass is 10.1. The van der Waals surface area contributed by atoms with Crippen LogP contribution in [0.15, 0.2) is 0 Å². The summed E-state index contributed by atoms with van der Waals surface area (Å²) in [4.78, 5) is 43.7. The van der Waals surface area contributed by atoms with Crippen molar-refractivity contribution in [1.29, 1.82) is 0 Å². The van der Waals surface area contributed by atoms with Gasteiger partial charge in [0.15, 0.2) is 24.4 Å². The van der Waals surface area contributed by atoms with Gasteiger partial charge in [0.1, 0.15) is 6.10 Å². The third-order valence-electron chi connectivity index (χ3n) is 3.24. The van der Waals surface area contributed by atoms with Gasteiger partial charge in [0.05, 0.1) is 6.61 Å². The Balaban J connectivity index is 4.31. The van der Waals surface area contributed by atoms with E-state index < -0.39 is 54.4 Å². The normalized spacial score (nSPS) is 16.7. The molecule has 12 heteroatoms. The number of ether oxygens (including phenoxy) is 2. The number of carboxylic acids is 2. The molecule has 0 aliphatic rings. The van der Waals surface area contributed by atoms with Gasteiger partial charge in [-0.05, 0) is 19.3 Å². The van der Waals surface area contributed by atoms with Gasteiger partial charge in [0, 0.05) is 0 Å². The highest BCUT2D eigenvalue weighted by molar-refractivity contribution is 5.84. The Morgan fingerprint density at radius 2 is 1.27 bits per heavy atom. The van der Waals surface area contributed by atoms with Crippen molar-refractivity contribution < 1.29 is 59.3 Å². The van der Waals surface area contributed by atoms with E-state index in [0.717, 1.165) is 0 Å². The Labute approximate surface area is 147 Å². The summed E-state index contributed by atoms with van der Waals surface area (Å²) < 4.78 is 9.41. The molecule has 150 valence electrons. The lowest BCUT2D eigenvalue weighted by Crippen LogP contribution is -2.42. The van der Waals surface area contributed by atoms with Crippen LogP contribution in [0.5, 0.6) is 0 Å². The van der Waals surface area contributed by atoms with Gasteiger partial charge in [-0.1, -0.05) is 6.92 Å². The zero-order valence-electron chi connectivity index (χ0n) is 13.8. The minimum atomic E-state index is -2.33. The minimum absolute atomic E-state index is 0.116. The molecule has 5 unspecified atom stereocenters. The summed E-state index contributed by atoms with van der Waals surface area (Å²) in [6.45, 7) is 1.34. The highest BCUT2D eigenvalue weighted by Gasteiger charge is 2.33. The molecule has 0 amide bonds. The van der Waals surface area contributed by atoms with Gasteiger partial charge in [-0.2, -0.15) is 0 Å². The Kier molecular flexibility index (Phi) is 10.4. The van der Waals surface area contributed by atoms with Crippen molar-refractivity contribution in [2.24, 2.45) is 0 Å². The van der Waals surface area contributed by atoms with Gasteiger partial charge >= 0.3 is 23.9 Å². The van der Waals surface area contributed by atoms with Crippen molar-refractivity contribution in [2.45, 2.75) is 56.7 Å². The molecule has 0 bridgehead atoms. The van der Waals surface area contributed by atoms with Crippen molar-refractivity contribution in [1.82, 2.24) is 0 Å². The average molecular weight is 382 g/mol. The minimum Gasteiger partial charge on any atom is -0.479 e. The Morgan fingerprint density at radius 1 is 0.808 bits per heavy atom. The Morgan fingerprint density at radius 3 is 1.69 bits per heavy atom. The van der Waals surface area contributed by atoms with E-state index in [1.54, 1.807) is 6.92 Å². The Hall–Kier alpha value is -2.28. The van der Waals surface area contributed by atoms with Gasteiger partial charge in [0.2, 0.25) is 0 Å². The second kappa shape index (κ2) is 11.4. The number of aliphatic carboxylic acids is 2. The molecule has 5 atom stereocenters. The number of hydrogen-bond donors (Lipinski definition) is 6. The summed E-state index contributed by atoms with van der Waals surface area (Å²) in [7, 11) is 0. The number of carbonyl (C=O) groups excluding carboxylic acids is 2. The molecule has 12 nitrogen and oxygen atoms in total. The molecule has 0 saturated carbocycles. The highest BCUT2D eigenvalue weighted by Crippen LogP contribution is 2.10. The van der Waals surface area contributed by atoms with Crippen LogP contribution in [0.3, 0.4) is 0 Å². The number of carbonyl (C=O) groups is 4. The summed E-state index contributed by atoms with van der Waals surface area (Å²) in [5.41, 5.74) is 0. The number of carboxylic acid groups (broad SMARTS) is 2. The van der Waals surface area contributed by atoms with E-state index in [9.17, 15) is 29.4 Å². The second-order valence-electron chi connectivity index (χ2n) is 5.23. The van der Waals surface area contributed by atoms with E-state index in [4.69, 9.17) is 25.2 Å². The largest absolute Gasteiger partial charge is 0.479 e. The van der Waals surface area contributed by atoms with Crippen LogP contribution in [0.25, 0.3) is 0 Å². The summed E-state index contributed by atoms with van der Waals surface area (Å²) in [5, 5.41) is 53.5. The first-order chi connectivity index (χ1) is 12.0.